The first-order chi connectivity index (χ1) is 7.17. The Hall–Kier alpha value is -0.780. The average molecular weight is 320 g/mol. The number of carbonyl (C=O) groups excluding carboxylic acids is 1. The summed E-state index contributed by atoms with van der Waals surface area (Å²) in [5.74, 6) is 0.501. The fraction of sp³-hybridized carbons (Fsp3) is 0.364. The molecule has 0 aliphatic carbocycles. The number of benzene rings is 1. The van der Waals surface area contributed by atoms with Gasteiger partial charge in [-0.15, -0.1) is 0 Å². The van der Waals surface area contributed by atoms with Crippen LogP contribution in [-0.2, 0) is 16.0 Å². The Balaban J connectivity index is 2.82. The third-order valence-electron chi connectivity index (χ3n) is 1.88. The van der Waals surface area contributed by atoms with E-state index in [1.165, 1.54) is 0 Å². The van der Waals surface area contributed by atoms with Gasteiger partial charge in [-0.05, 0) is 47.7 Å². The van der Waals surface area contributed by atoms with Gasteiger partial charge in [0.15, 0.2) is 0 Å². The molecule has 0 aliphatic rings. The van der Waals surface area contributed by atoms with Crippen LogP contribution in [0.25, 0.3) is 0 Å². The second-order valence-electron chi connectivity index (χ2n) is 2.94. The minimum absolute atomic E-state index is 0.224. The van der Waals surface area contributed by atoms with Gasteiger partial charge in [-0.1, -0.05) is 0 Å². The Bertz CT molecular complexity index is 350. The van der Waals surface area contributed by atoms with E-state index in [1.54, 1.807) is 14.0 Å². The predicted molar refractivity (Wildman–Crippen MR) is 66.0 cm³/mol. The van der Waals surface area contributed by atoms with Crippen LogP contribution in [0.3, 0.4) is 0 Å². The lowest BCUT2D eigenvalue weighted by Gasteiger charge is -2.08. The van der Waals surface area contributed by atoms with Gasteiger partial charge in [-0.25, -0.2) is 0 Å². The van der Waals surface area contributed by atoms with Gasteiger partial charge in [0.05, 0.1) is 20.1 Å². The van der Waals surface area contributed by atoms with Gasteiger partial charge in [-0.2, -0.15) is 0 Å². The molecule has 82 valence electrons. The molecule has 0 radical (unpaired) electrons. The van der Waals surface area contributed by atoms with E-state index in [0.29, 0.717) is 6.61 Å². The van der Waals surface area contributed by atoms with Crippen LogP contribution >= 0.6 is 22.6 Å². The van der Waals surface area contributed by atoms with E-state index >= 15 is 0 Å². The van der Waals surface area contributed by atoms with E-state index in [0.717, 1.165) is 14.9 Å². The molecule has 0 spiro atoms. The second kappa shape index (κ2) is 5.95. The Kier molecular flexibility index (Phi) is 4.87. The maximum absolute atomic E-state index is 11.3. The Morgan fingerprint density at radius 1 is 1.47 bits per heavy atom. The van der Waals surface area contributed by atoms with Crippen molar-refractivity contribution in [2.75, 3.05) is 13.7 Å². The van der Waals surface area contributed by atoms with E-state index in [-0.39, 0.29) is 12.4 Å². The molecule has 0 amide bonds. The first-order valence-electron chi connectivity index (χ1n) is 4.65. The summed E-state index contributed by atoms with van der Waals surface area (Å²) >= 11 is 2.20. The van der Waals surface area contributed by atoms with Crippen LogP contribution in [-0.4, -0.2) is 19.7 Å². The number of rotatable bonds is 4. The zero-order valence-corrected chi connectivity index (χ0v) is 10.9. The van der Waals surface area contributed by atoms with Crippen molar-refractivity contribution in [2.45, 2.75) is 13.3 Å². The van der Waals surface area contributed by atoms with Crippen LogP contribution in [0.2, 0.25) is 0 Å². The minimum Gasteiger partial charge on any atom is -0.496 e. The highest BCUT2D eigenvalue weighted by atomic mass is 127. The van der Waals surface area contributed by atoms with E-state index in [2.05, 4.69) is 22.6 Å². The fourth-order valence-corrected chi connectivity index (χ4v) is 1.81. The summed E-state index contributed by atoms with van der Waals surface area (Å²) in [6.07, 6.45) is 0.258. The highest BCUT2D eigenvalue weighted by Crippen LogP contribution is 2.21. The van der Waals surface area contributed by atoms with Crippen LogP contribution in [0, 0.1) is 3.57 Å². The molecular formula is C11H13IO3. The standard InChI is InChI=1S/C11H13IO3/c1-3-15-11(13)7-8-6-9(12)4-5-10(8)14-2/h4-6H,3,7H2,1-2H3. The number of esters is 1. The quantitative estimate of drug-likeness (QED) is 0.631. The molecule has 0 unspecified atom stereocenters. The molecule has 0 aliphatic heterocycles. The summed E-state index contributed by atoms with van der Waals surface area (Å²) in [4.78, 5) is 11.3. The van der Waals surface area contributed by atoms with Crippen LogP contribution in [0.15, 0.2) is 18.2 Å². The van der Waals surface area contributed by atoms with E-state index in [4.69, 9.17) is 9.47 Å². The predicted octanol–water partition coefficient (Wildman–Crippen LogP) is 2.41. The summed E-state index contributed by atoms with van der Waals surface area (Å²) in [5.41, 5.74) is 0.864. The number of methoxy groups -OCH3 is 1. The van der Waals surface area contributed by atoms with Crippen molar-refractivity contribution in [3.05, 3.63) is 27.3 Å². The smallest absolute Gasteiger partial charge is 0.310 e. The third-order valence-corrected chi connectivity index (χ3v) is 2.55. The highest BCUT2D eigenvalue weighted by molar-refractivity contribution is 14.1. The van der Waals surface area contributed by atoms with Crippen LogP contribution < -0.4 is 4.74 Å². The third kappa shape index (κ3) is 3.70. The average Bonchev–Trinajstić information content (AvgIpc) is 2.18. The molecule has 0 atom stereocenters. The van der Waals surface area contributed by atoms with Crippen LogP contribution in [0.4, 0.5) is 0 Å². The van der Waals surface area contributed by atoms with E-state index in [1.807, 2.05) is 18.2 Å². The lowest BCUT2D eigenvalue weighted by molar-refractivity contribution is -0.142. The number of hydrogen-bond donors (Lipinski definition) is 0. The van der Waals surface area contributed by atoms with Crippen molar-refractivity contribution in [2.24, 2.45) is 0 Å². The monoisotopic (exact) mass is 320 g/mol. The molecule has 0 N–H and O–H groups in total. The van der Waals surface area contributed by atoms with Crippen molar-refractivity contribution in [3.63, 3.8) is 0 Å². The Morgan fingerprint density at radius 3 is 2.80 bits per heavy atom. The van der Waals surface area contributed by atoms with Crippen molar-refractivity contribution in [1.82, 2.24) is 0 Å². The van der Waals surface area contributed by atoms with E-state index in [9.17, 15) is 4.79 Å². The summed E-state index contributed by atoms with van der Waals surface area (Å²) in [6.45, 7) is 2.20. The molecular weight excluding hydrogens is 307 g/mol. The van der Waals surface area contributed by atoms with Gasteiger partial charge in [0, 0.05) is 9.13 Å². The molecule has 1 rings (SSSR count). The fourth-order valence-electron chi connectivity index (χ4n) is 1.25. The topological polar surface area (TPSA) is 35.5 Å². The zero-order valence-electron chi connectivity index (χ0n) is 8.75. The molecule has 0 saturated carbocycles. The molecule has 0 aromatic heterocycles. The number of ether oxygens (including phenoxy) is 2. The molecule has 3 nitrogen and oxygen atoms in total. The van der Waals surface area contributed by atoms with Gasteiger partial charge in [0.25, 0.3) is 0 Å². The van der Waals surface area contributed by atoms with Gasteiger partial charge in [-0.3, -0.25) is 4.79 Å². The maximum Gasteiger partial charge on any atom is 0.310 e. The molecule has 0 fully saturated rings. The SMILES string of the molecule is CCOC(=O)Cc1cc(I)ccc1OC. The van der Waals surface area contributed by atoms with Gasteiger partial charge >= 0.3 is 5.97 Å². The molecule has 0 heterocycles. The lowest BCUT2D eigenvalue weighted by Crippen LogP contribution is -2.08. The normalized spacial score (nSPS) is 9.80. The van der Waals surface area contributed by atoms with Gasteiger partial charge in [0.1, 0.15) is 5.75 Å². The largest absolute Gasteiger partial charge is 0.496 e. The Morgan fingerprint density at radius 2 is 2.20 bits per heavy atom. The molecule has 1 aromatic carbocycles. The minimum atomic E-state index is -0.224. The number of carbonyl (C=O) groups is 1. The van der Waals surface area contributed by atoms with Crippen LogP contribution in [0.1, 0.15) is 12.5 Å². The first kappa shape index (κ1) is 12.3. The number of halogens is 1. The second-order valence-corrected chi connectivity index (χ2v) is 4.18. The summed E-state index contributed by atoms with van der Waals surface area (Å²) in [7, 11) is 1.59. The van der Waals surface area contributed by atoms with Gasteiger partial charge < -0.3 is 9.47 Å². The van der Waals surface area contributed by atoms with Crippen molar-refractivity contribution >= 4 is 28.6 Å². The van der Waals surface area contributed by atoms with Crippen molar-refractivity contribution in [3.8, 4) is 5.75 Å². The summed E-state index contributed by atoms with van der Waals surface area (Å²) < 4.78 is 11.1. The molecule has 0 bridgehead atoms. The molecule has 1 aromatic rings. The van der Waals surface area contributed by atoms with Crippen LogP contribution in [0.5, 0.6) is 5.75 Å². The highest BCUT2D eigenvalue weighted by Gasteiger charge is 2.09. The zero-order chi connectivity index (χ0) is 11.3. The first-order valence-corrected chi connectivity index (χ1v) is 5.73. The van der Waals surface area contributed by atoms with E-state index < -0.39 is 0 Å². The number of hydrogen-bond acceptors (Lipinski definition) is 3. The van der Waals surface area contributed by atoms with Crippen molar-refractivity contribution < 1.29 is 14.3 Å². The molecule has 15 heavy (non-hydrogen) atoms. The summed E-state index contributed by atoms with van der Waals surface area (Å²) in [5, 5.41) is 0. The van der Waals surface area contributed by atoms with Crippen molar-refractivity contribution in [1.29, 1.82) is 0 Å². The maximum atomic E-state index is 11.3. The Labute approximate surface area is 103 Å². The van der Waals surface area contributed by atoms with Gasteiger partial charge in [0.2, 0.25) is 0 Å². The summed E-state index contributed by atoms with van der Waals surface area (Å²) in [6, 6.07) is 5.72. The lowest BCUT2D eigenvalue weighted by atomic mass is 10.1. The molecule has 4 heteroatoms. The molecule has 0 saturated heterocycles.